The maximum atomic E-state index is 5.77. The maximum Gasteiger partial charge on any atom is 0.150 e. The quantitative estimate of drug-likeness (QED) is 0.609. The van der Waals surface area contributed by atoms with Gasteiger partial charge in [-0.15, -0.1) is 6.42 Å². The third-order valence-corrected chi connectivity index (χ3v) is 2.15. The molecule has 0 aliphatic heterocycles. The van der Waals surface area contributed by atoms with Crippen molar-refractivity contribution in [3.8, 4) is 23.8 Å². The van der Waals surface area contributed by atoms with E-state index in [4.69, 9.17) is 16.9 Å². The van der Waals surface area contributed by atoms with Gasteiger partial charge < -0.3 is 10.5 Å². The second kappa shape index (κ2) is 4.41. The summed E-state index contributed by atoms with van der Waals surface area (Å²) in [5, 5.41) is 0. The zero-order chi connectivity index (χ0) is 11.4. The molecule has 0 spiro atoms. The Morgan fingerprint density at radius 3 is 2.62 bits per heavy atom. The van der Waals surface area contributed by atoms with Crippen LogP contribution >= 0.6 is 0 Å². The van der Waals surface area contributed by atoms with E-state index in [2.05, 4.69) is 5.92 Å². The van der Waals surface area contributed by atoms with Gasteiger partial charge in [0.1, 0.15) is 11.5 Å². The van der Waals surface area contributed by atoms with Crippen LogP contribution in [0.5, 0.6) is 11.5 Å². The van der Waals surface area contributed by atoms with Gasteiger partial charge in [-0.25, -0.2) is 0 Å². The van der Waals surface area contributed by atoms with Crippen LogP contribution in [0.2, 0.25) is 0 Å². The van der Waals surface area contributed by atoms with Crippen molar-refractivity contribution in [1.29, 1.82) is 0 Å². The Kier molecular flexibility index (Phi) is 2.79. The number of benzene rings is 2. The van der Waals surface area contributed by atoms with Crippen LogP contribution in [0.1, 0.15) is 5.56 Å². The molecule has 2 aromatic rings. The van der Waals surface area contributed by atoms with Gasteiger partial charge in [-0.2, -0.15) is 0 Å². The summed E-state index contributed by atoms with van der Waals surface area (Å²) < 4.78 is 5.63. The second-order valence-electron chi connectivity index (χ2n) is 3.31. The van der Waals surface area contributed by atoms with E-state index in [-0.39, 0.29) is 0 Å². The van der Waals surface area contributed by atoms with Gasteiger partial charge in [0.05, 0.1) is 5.69 Å². The fourth-order valence-corrected chi connectivity index (χ4v) is 1.35. The normalized spacial score (nSPS) is 9.44. The van der Waals surface area contributed by atoms with E-state index in [0.717, 1.165) is 5.56 Å². The van der Waals surface area contributed by atoms with Gasteiger partial charge in [0.25, 0.3) is 0 Å². The van der Waals surface area contributed by atoms with Crippen LogP contribution in [0.4, 0.5) is 5.69 Å². The molecule has 78 valence electrons. The van der Waals surface area contributed by atoms with Crippen LogP contribution in [0.3, 0.4) is 0 Å². The summed E-state index contributed by atoms with van der Waals surface area (Å²) in [5.74, 6) is 3.88. The highest BCUT2D eigenvalue weighted by Crippen LogP contribution is 2.26. The van der Waals surface area contributed by atoms with Gasteiger partial charge >= 0.3 is 0 Å². The van der Waals surface area contributed by atoms with E-state index < -0.39 is 0 Å². The number of hydrogen-bond donors (Lipinski definition) is 1. The third-order valence-electron chi connectivity index (χ3n) is 2.15. The number of terminal acetylenes is 1. The first-order chi connectivity index (χ1) is 7.79. The van der Waals surface area contributed by atoms with Gasteiger partial charge in [-0.1, -0.05) is 24.1 Å². The van der Waals surface area contributed by atoms with Gasteiger partial charge in [-0.3, -0.25) is 0 Å². The molecule has 0 aliphatic carbocycles. The van der Waals surface area contributed by atoms with Crippen LogP contribution < -0.4 is 10.5 Å². The molecular formula is C14H11NO. The molecule has 0 aliphatic rings. The highest BCUT2D eigenvalue weighted by molar-refractivity contribution is 5.54. The van der Waals surface area contributed by atoms with Crippen LogP contribution in [0.25, 0.3) is 0 Å². The van der Waals surface area contributed by atoms with Crippen LogP contribution in [0, 0.1) is 12.3 Å². The van der Waals surface area contributed by atoms with E-state index in [1.54, 1.807) is 12.1 Å². The third kappa shape index (κ3) is 2.15. The fourth-order valence-electron chi connectivity index (χ4n) is 1.35. The molecule has 16 heavy (non-hydrogen) atoms. The number of hydrogen-bond acceptors (Lipinski definition) is 2. The molecule has 0 radical (unpaired) electrons. The largest absolute Gasteiger partial charge is 0.455 e. The fraction of sp³-hybridized carbons (Fsp3) is 0. The summed E-state index contributed by atoms with van der Waals surface area (Å²) in [6, 6.07) is 14.7. The Balaban J connectivity index is 2.28. The highest BCUT2D eigenvalue weighted by Gasteiger charge is 2.00. The number of rotatable bonds is 2. The minimum absolute atomic E-state index is 0.605. The monoisotopic (exact) mass is 209 g/mol. The molecule has 2 aromatic carbocycles. The lowest BCUT2D eigenvalue weighted by atomic mass is 10.2. The summed E-state index contributed by atoms with van der Waals surface area (Å²) in [7, 11) is 0. The van der Waals surface area contributed by atoms with Crippen molar-refractivity contribution < 1.29 is 4.74 Å². The first-order valence-corrected chi connectivity index (χ1v) is 4.88. The Bertz CT molecular complexity index is 540. The summed E-state index contributed by atoms with van der Waals surface area (Å²) in [4.78, 5) is 0. The van der Waals surface area contributed by atoms with Crippen molar-refractivity contribution in [2.24, 2.45) is 0 Å². The minimum atomic E-state index is 0.605. The molecule has 0 amide bonds. The van der Waals surface area contributed by atoms with Gasteiger partial charge in [0, 0.05) is 5.56 Å². The molecule has 0 saturated heterocycles. The predicted octanol–water partition coefficient (Wildman–Crippen LogP) is 3.04. The van der Waals surface area contributed by atoms with E-state index in [1.807, 2.05) is 36.4 Å². The minimum Gasteiger partial charge on any atom is -0.455 e. The number of para-hydroxylation sites is 2. The maximum absolute atomic E-state index is 5.77. The van der Waals surface area contributed by atoms with Crippen molar-refractivity contribution in [2.75, 3.05) is 5.73 Å². The second-order valence-corrected chi connectivity index (χ2v) is 3.31. The molecule has 0 unspecified atom stereocenters. The van der Waals surface area contributed by atoms with Crippen molar-refractivity contribution in [3.05, 3.63) is 54.1 Å². The Hall–Kier alpha value is -2.40. The first-order valence-electron chi connectivity index (χ1n) is 4.88. The molecule has 2 nitrogen and oxygen atoms in total. The highest BCUT2D eigenvalue weighted by atomic mass is 16.5. The predicted molar refractivity (Wildman–Crippen MR) is 65.3 cm³/mol. The van der Waals surface area contributed by atoms with E-state index in [0.29, 0.717) is 17.2 Å². The van der Waals surface area contributed by atoms with Crippen LogP contribution in [-0.4, -0.2) is 0 Å². The van der Waals surface area contributed by atoms with Crippen molar-refractivity contribution in [2.45, 2.75) is 0 Å². The zero-order valence-corrected chi connectivity index (χ0v) is 8.68. The summed E-state index contributed by atoms with van der Waals surface area (Å²) >= 11 is 0. The number of anilines is 1. The van der Waals surface area contributed by atoms with E-state index >= 15 is 0 Å². The molecule has 0 heterocycles. The van der Waals surface area contributed by atoms with Crippen molar-refractivity contribution in [1.82, 2.24) is 0 Å². The Morgan fingerprint density at radius 2 is 1.88 bits per heavy atom. The number of ether oxygens (including phenoxy) is 1. The average Bonchev–Trinajstić information content (AvgIpc) is 2.32. The number of nitrogens with two attached hydrogens (primary N) is 1. The Morgan fingerprint density at radius 1 is 1.06 bits per heavy atom. The molecule has 2 heteroatoms. The standard InChI is InChI=1S/C14H11NO/c1-2-11-6-5-7-12(10-11)16-14-9-4-3-8-13(14)15/h1,3-10H,15H2. The molecule has 0 fully saturated rings. The Labute approximate surface area is 94.7 Å². The van der Waals surface area contributed by atoms with Gasteiger partial charge in [-0.05, 0) is 30.3 Å². The van der Waals surface area contributed by atoms with E-state index in [1.165, 1.54) is 0 Å². The van der Waals surface area contributed by atoms with Crippen molar-refractivity contribution in [3.63, 3.8) is 0 Å². The molecule has 0 bridgehead atoms. The lowest BCUT2D eigenvalue weighted by Gasteiger charge is -2.07. The average molecular weight is 209 g/mol. The van der Waals surface area contributed by atoms with Gasteiger partial charge in [0.2, 0.25) is 0 Å². The van der Waals surface area contributed by atoms with Gasteiger partial charge in [0.15, 0.2) is 0 Å². The molecule has 2 N–H and O–H groups in total. The smallest absolute Gasteiger partial charge is 0.150 e. The first kappa shape index (κ1) is 10.1. The molecule has 0 saturated carbocycles. The van der Waals surface area contributed by atoms with E-state index in [9.17, 15) is 0 Å². The van der Waals surface area contributed by atoms with Crippen molar-refractivity contribution >= 4 is 5.69 Å². The molecular weight excluding hydrogens is 198 g/mol. The topological polar surface area (TPSA) is 35.2 Å². The SMILES string of the molecule is C#Cc1cccc(Oc2ccccc2N)c1. The summed E-state index contributed by atoms with van der Waals surface area (Å²) in [5.41, 5.74) is 7.16. The lowest BCUT2D eigenvalue weighted by Crippen LogP contribution is -1.91. The van der Waals surface area contributed by atoms with Crippen LogP contribution in [0.15, 0.2) is 48.5 Å². The number of nitrogen functional groups attached to an aromatic ring is 1. The lowest BCUT2D eigenvalue weighted by molar-refractivity contribution is 0.485. The van der Waals surface area contributed by atoms with Crippen LogP contribution in [-0.2, 0) is 0 Å². The summed E-state index contributed by atoms with van der Waals surface area (Å²) in [6.07, 6.45) is 5.31. The molecule has 0 aromatic heterocycles. The zero-order valence-electron chi connectivity index (χ0n) is 8.68. The summed E-state index contributed by atoms with van der Waals surface area (Å²) in [6.45, 7) is 0. The molecule has 0 atom stereocenters. The molecule has 2 rings (SSSR count).